The van der Waals surface area contributed by atoms with E-state index in [1.165, 1.54) is 12.1 Å². The lowest BCUT2D eigenvalue weighted by Crippen LogP contribution is -2.37. The van der Waals surface area contributed by atoms with Gasteiger partial charge in [-0.05, 0) is 32.9 Å². The average Bonchev–Trinajstić information content (AvgIpc) is 2.79. The van der Waals surface area contributed by atoms with Gasteiger partial charge in [0.2, 0.25) is 5.89 Å². The fourth-order valence-corrected chi connectivity index (χ4v) is 1.68. The van der Waals surface area contributed by atoms with Crippen LogP contribution in [0.4, 0.5) is 8.78 Å². The van der Waals surface area contributed by atoms with Gasteiger partial charge in [0.05, 0.1) is 5.56 Å². The molecule has 0 unspecified atom stereocenters. The van der Waals surface area contributed by atoms with Crippen LogP contribution in [0.5, 0.6) is 0 Å². The molecule has 0 spiro atoms. The van der Waals surface area contributed by atoms with Crippen LogP contribution in [-0.2, 0) is 6.42 Å². The summed E-state index contributed by atoms with van der Waals surface area (Å²) in [7, 11) is 0. The summed E-state index contributed by atoms with van der Waals surface area (Å²) < 4.78 is 32.1. The molecule has 0 radical (unpaired) electrons. The van der Waals surface area contributed by atoms with Crippen LogP contribution in [0, 0.1) is 11.6 Å². The van der Waals surface area contributed by atoms with Gasteiger partial charge in [-0.2, -0.15) is 0 Å². The molecule has 0 saturated carbocycles. The number of nitrogens with zero attached hydrogens (tertiary/aromatic N) is 2. The van der Waals surface area contributed by atoms with Crippen LogP contribution >= 0.6 is 0 Å². The van der Waals surface area contributed by atoms with Gasteiger partial charge in [0.15, 0.2) is 11.6 Å². The van der Waals surface area contributed by atoms with Gasteiger partial charge < -0.3 is 9.73 Å². The van der Waals surface area contributed by atoms with Crippen molar-refractivity contribution >= 4 is 0 Å². The highest BCUT2D eigenvalue weighted by molar-refractivity contribution is 5.53. The Morgan fingerprint density at radius 1 is 1.20 bits per heavy atom. The van der Waals surface area contributed by atoms with Crippen LogP contribution in [0.3, 0.4) is 0 Å². The van der Waals surface area contributed by atoms with Gasteiger partial charge in [-0.1, -0.05) is 6.07 Å². The molecule has 6 heteroatoms. The van der Waals surface area contributed by atoms with Crippen molar-refractivity contribution < 1.29 is 13.2 Å². The standard InChI is InChI=1S/C14H17F2N3O/c1-14(2,3)17-8-7-11-18-19-13(20-11)9-5-4-6-10(15)12(9)16/h4-6,17H,7-8H2,1-3H3. The molecule has 0 aliphatic heterocycles. The van der Waals surface area contributed by atoms with Crippen LogP contribution in [0.2, 0.25) is 0 Å². The minimum Gasteiger partial charge on any atom is -0.421 e. The average molecular weight is 281 g/mol. The molecule has 0 aliphatic carbocycles. The fourth-order valence-electron chi connectivity index (χ4n) is 1.68. The zero-order valence-electron chi connectivity index (χ0n) is 11.7. The molecule has 0 bridgehead atoms. The van der Waals surface area contributed by atoms with E-state index >= 15 is 0 Å². The Morgan fingerprint density at radius 2 is 1.95 bits per heavy atom. The topological polar surface area (TPSA) is 51.0 Å². The van der Waals surface area contributed by atoms with E-state index in [2.05, 4.69) is 15.5 Å². The van der Waals surface area contributed by atoms with E-state index in [9.17, 15) is 8.78 Å². The Balaban J connectivity index is 2.07. The summed E-state index contributed by atoms with van der Waals surface area (Å²) in [6.07, 6.45) is 0.529. The van der Waals surface area contributed by atoms with Crippen molar-refractivity contribution in [1.29, 1.82) is 0 Å². The maximum absolute atomic E-state index is 13.6. The third-order valence-electron chi connectivity index (χ3n) is 2.64. The number of nitrogens with one attached hydrogen (secondary N) is 1. The number of benzene rings is 1. The first-order valence-corrected chi connectivity index (χ1v) is 6.38. The third-order valence-corrected chi connectivity index (χ3v) is 2.64. The molecule has 0 aliphatic rings. The normalized spacial score (nSPS) is 11.8. The Hall–Kier alpha value is -1.82. The van der Waals surface area contributed by atoms with Gasteiger partial charge >= 0.3 is 0 Å². The highest BCUT2D eigenvalue weighted by atomic mass is 19.2. The van der Waals surface area contributed by atoms with Gasteiger partial charge in [-0.3, -0.25) is 0 Å². The highest BCUT2D eigenvalue weighted by Gasteiger charge is 2.16. The molecular weight excluding hydrogens is 264 g/mol. The SMILES string of the molecule is CC(C)(C)NCCc1nnc(-c2cccc(F)c2F)o1. The molecule has 1 aromatic heterocycles. The molecule has 2 rings (SSSR count). The number of hydrogen-bond acceptors (Lipinski definition) is 4. The molecule has 1 heterocycles. The molecule has 2 aromatic rings. The lowest BCUT2D eigenvalue weighted by atomic mass is 10.1. The second-order valence-electron chi connectivity index (χ2n) is 5.53. The van der Waals surface area contributed by atoms with Crippen molar-refractivity contribution in [2.75, 3.05) is 6.54 Å². The van der Waals surface area contributed by atoms with Gasteiger partial charge in [-0.15, -0.1) is 10.2 Å². The van der Waals surface area contributed by atoms with Crippen molar-refractivity contribution in [2.45, 2.75) is 32.7 Å². The molecule has 1 N–H and O–H groups in total. The number of aromatic nitrogens is 2. The lowest BCUT2D eigenvalue weighted by Gasteiger charge is -2.19. The van der Waals surface area contributed by atoms with Gasteiger partial charge in [0.1, 0.15) is 0 Å². The summed E-state index contributed by atoms with van der Waals surface area (Å²) in [4.78, 5) is 0. The van der Waals surface area contributed by atoms with E-state index in [4.69, 9.17) is 4.42 Å². The van der Waals surface area contributed by atoms with Crippen molar-refractivity contribution in [1.82, 2.24) is 15.5 Å². The summed E-state index contributed by atoms with van der Waals surface area (Å²) in [5, 5.41) is 10.9. The summed E-state index contributed by atoms with van der Waals surface area (Å²) in [6.45, 7) is 6.81. The van der Waals surface area contributed by atoms with Crippen molar-refractivity contribution in [2.24, 2.45) is 0 Å². The first kappa shape index (κ1) is 14.6. The molecule has 0 atom stereocenters. The Bertz CT molecular complexity index is 590. The Morgan fingerprint density at radius 3 is 2.65 bits per heavy atom. The smallest absolute Gasteiger partial charge is 0.250 e. The van der Waals surface area contributed by atoms with E-state index in [0.29, 0.717) is 18.9 Å². The lowest BCUT2D eigenvalue weighted by molar-refractivity contribution is 0.411. The van der Waals surface area contributed by atoms with E-state index in [0.717, 1.165) is 6.07 Å². The second-order valence-corrected chi connectivity index (χ2v) is 5.53. The molecule has 1 aromatic carbocycles. The monoisotopic (exact) mass is 281 g/mol. The molecule has 0 fully saturated rings. The molecular formula is C14H17F2N3O. The molecule has 108 valence electrons. The van der Waals surface area contributed by atoms with Crippen molar-refractivity contribution in [3.8, 4) is 11.5 Å². The van der Waals surface area contributed by atoms with Crippen LogP contribution in [0.15, 0.2) is 22.6 Å². The quantitative estimate of drug-likeness (QED) is 0.936. The minimum absolute atomic E-state index is 0.00246. The molecule has 4 nitrogen and oxygen atoms in total. The largest absolute Gasteiger partial charge is 0.421 e. The second kappa shape index (κ2) is 5.66. The summed E-state index contributed by atoms with van der Waals surface area (Å²) in [5.74, 6) is -1.53. The van der Waals surface area contributed by atoms with Crippen molar-refractivity contribution in [3.05, 3.63) is 35.7 Å². The van der Waals surface area contributed by atoms with Gasteiger partial charge in [0, 0.05) is 18.5 Å². The number of rotatable bonds is 4. The highest BCUT2D eigenvalue weighted by Crippen LogP contribution is 2.23. The zero-order chi connectivity index (χ0) is 14.8. The van der Waals surface area contributed by atoms with E-state index in [-0.39, 0.29) is 17.0 Å². The molecule has 0 saturated heterocycles. The number of hydrogen-bond donors (Lipinski definition) is 1. The van der Waals surface area contributed by atoms with Crippen LogP contribution < -0.4 is 5.32 Å². The maximum Gasteiger partial charge on any atom is 0.250 e. The van der Waals surface area contributed by atoms with Gasteiger partial charge in [-0.25, -0.2) is 8.78 Å². The Kier molecular flexibility index (Phi) is 4.13. The van der Waals surface area contributed by atoms with E-state index < -0.39 is 11.6 Å². The summed E-state index contributed by atoms with van der Waals surface area (Å²) >= 11 is 0. The first-order valence-electron chi connectivity index (χ1n) is 6.38. The first-order chi connectivity index (χ1) is 9.37. The maximum atomic E-state index is 13.6. The molecule has 20 heavy (non-hydrogen) atoms. The van der Waals surface area contributed by atoms with Crippen LogP contribution in [-0.4, -0.2) is 22.3 Å². The molecule has 0 amide bonds. The predicted octanol–water partition coefficient (Wildman–Crippen LogP) is 2.95. The predicted molar refractivity (Wildman–Crippen MR) is 71.1 cm³/mol. The van der Waals surface area contributed by atoms with E-state index in [1.54, 1.807) is 0 Å². The Labute approximate surface area is 116 Å². The fraction of sp³-hybridized carbons (Fsp3) is 0.429. The zero-order valence-corrected chi connectivity index (χ0v) is 11.7. The summed E-state index contributed by atoms with van der Waals surface area (Å²) in [6, 6.07) is 3.85. The summed E-state index contributed by atoms with van der Waals surface area (Å²) in [5.41, 5.74) is -0.0233. The van der Waals surface area contributed by atoms with Gasteiger partial charge in [0.25, 0.3) is 5.89 Å². The van der Waals surface area contributed by atoms with Crippen LogP contribution in [0.25, 0.3) is 11.5 Å². The minimum atomic E-state index is -0.976. The number of halogens is 2. The third kappa shape index (κ3) is 3.60. The van der Waals surface area contributed by atoms with Crippen molar-refractivity contribution in [3.63, 3.8) is 0 Å². The van der Waals surface area contributed by atoms with E-state index in [1.807, 2.05) is 20.8 Å². The van der Waals surface area contributed by atoms with Crippen LogP contribution in [0.1, 0.15) is 26.7 Å².